The van der Waals surface area contributed by atoms with E-state index in [1.54, 1.807) is 13.2 Å². The summed E-state index contributed by atoms with van der Waals surface area (Å²) in [4.78, 5) is 33.0. The zero-order valence-electron chi connectivity index (χ0n) is 20.9. The van der Waals surface area contributed by atoms with Crippen molar-refractivity contribution in [1.82, 2.24) is 19.7 Å². The van der Waals surface area contributed by atoms with Gasteiger partial charge < -0.3 is 9.64 Å². The average Bonchev–Trinajstić information content (AvgIpc) is 3.29. The van der Waals surface area contributed by atoms with Crippen molar-refractivity contribution in [2.45, 2.75) is 52.5 Å². The van der Waals surface area contributed by atoms with Crippen LogP contribution < -0.4 is 4.74 Å². The van der Waals surface area contributed by atoms with Crippen molar-refractivity contribution in [1.29, 1.82) is 0 Å². The summed E-state index contributed by atoms with van der Waals surface area (Å²) in [5.41, 5.74) is 5.14. The van der Waals surface area contributed by atoms with E-state index in [9.17, 15) is 9.59 Å². The van der Waals surface area contributed by atoms with Crippen LogP contribution in [-0.4, -0.2) is 51.6 Å². The first-order valence-electron chi connectivity index (χ1n) is 12.3. The minimum Gasteiger partial charge on any atom is -0.481 e. The largest absolute Gasteiger partial charge is 0.481 e. The van der Waals surface area contributed by atoms with Crippen molar-refractivity contribution in [3.8, 4) is 17.1 Å². The molecule has 1 fully saturated rings. The number of pyridine rings is 1. The normalized spacial score (nSPS) is 17.1. The number of ether oxygens (including phenoxy) is 1. The number of aromatic nitrogens is 3. The van der Waals surface area contributed by atoms with E-state index < -0.39 is 0 Å². The van der Waals surface area contributed by atoms with Gasteiger partial charge >= 0.3 is 0 Å². The van der Waals surface area contributed by atoms with Crippen molar-refractivity contribution in [2.75, 3.05) is 20.2 Å². The van der Waals surface area contributed by atoms with Crippen LogP contribution in [0.2, 0.25) is 0 Å². The van der Waals surface area contributed by atoms with Crippen LogP contribution in [0.1, 0.15) is 71.1 Å². The molecule has 1 spiro atoms. The molecule has 0 saturated carbocycles. The highest BCUT2D eigenvalue weighted by atomic mass is 16.5. The predicted molar refractivity (Wildman–Crippen MR) is 134 cm³/mol. The number of hydrogen-bond donors (Lipinski definition) is 0. The number of fused-ring (bicyclic) bond motifs is 1. The number of hydrogen-bond acceptors (Lipinski definition) is 5. The number of Topliss-reactive ketones (excluding diaryl/α,β-unsaturated/α-hetero) is 1. The molecular weight excluding hydrogens is 440 g/mol. The number of aryl methyl sites for hydroxylation is 1. The van der Waals surface area contributed by atoms with Crippen LogP contribution in [-0.2, 0) is 6.42 Å². The van der Waals surface area contributed by atoms with Gasteiger partial charge in [0.15, 0.2) is 5.78 Å². The molecule has 7 nitrogen and oxygen atoms in total. The van der Waals surface area contributed by atoms with Crippen LogP contribution in [0.25, 0.3) is 11.3 Å². The summed E-state index contributed by atoms with van der Waals surface area (Å²) < 4.78 is 7.26. The third kappa shape index (κ3) is 4.35. The predicted octanol–water partition coefficient (Wildman–Crippen LogP) is 4.89. The number of nitrogens with zero attached hydrogens (tertiary/aromatic N) is 4. The Bertz CT molecular complexity index is 1270. The average molecular weight is 473 g/mol. The molecule has 5 rings (SSSR count). The minimum absolute atomic E-state index is 0.0237. The van der Waals surface area contributed by atoms with E-state index in [-0.39, 0.29) is 23.1 Å². The Hall–Kier alpha value is -3.48. The van der Waals surface area contributed by atoms with Crippen LogP contribution in [0.5, 0.6) is 5.88 Å². The van der Waals surface area contributed by atoms with Gasteiger partial charge in [0.2, 0.25) is 5.88 Å². The minimum atomic E-state index is -0.0886. The lowest BCUT2D eigenvalue weighted by Crippen LogP contribution is -2.46. The lowest BCUT2D eigenvalue weighted by atomic mass is 9.67. The van der Waals surface area contributed by atoms with E-state index in [1.165, 1.54) is 5.56 Å². The molecule has 35 heavy (non-hydrogen) atoms. The molecule has 182 valence electrons. The highest BCUT2D eigenvalue weighted by molar-refractivity contribution is 5.98. The fourth-order valence-electron chi connectivity index (χ4n) is 5.44. The molecule has 1 saturated heterocycles. The van der Waals surface area contributed by atoms with E-state index in [0.717, 1.165) is 36.1 Å². The lowest BCUT2D eigenvalue weighted by Gasteiger charge is -2.43. The van der Waals surface area contributed by atoms with Crippen molar-refractivity contribution in [3.05, 3.63) is 65.0 Å². The number of methoxy groups -OCH3 is 1. The highest BCUT2D eigenvalue weighted by Gasteiger charge is 2.43. The number of rotatable bonds is 4. The smallest absolute Gasteiger partial charge is 0.254 e. The van der Waals surface area contributed by atoms with Gasteiger partial charge in [0.25, 0.3) is 5.91 Å². The molecule has 0 N–H and O–H groups in total. The molecule has 1 amide bonds. The maximum absolute atomic E-state index is 13.5. The van der Waals surface area contributed by atoms with Crippen LogP contribution in [0.3, 0.4) is 0 Å². The Morgan fingerprint density at radius 1 is 1.09 bits per heavy atom. The SMILES string of the molecule is COc1cc(C(=O)N2CCC3(CC2)CC(=O)c2c(cnn2C(C)C)C3)cc(-c2ccc(C)cc2)n1. The van der Waals surface area contributed by atoms with Gasteiger partial charge in [0.05, 0.1) is 19.0 Å². The summed E-state index contributed by atoms with van der Waals surface area (Å²) in [6.07, 6.45) is 4.86. The number of ketones is 1. The third-order valence-corrected chi connectivity index (χ3v) is 7.44. The fourth-order valence-corrected chi connectivity index (χ4v) is 5.44. The van der Waals surface area contributed by atoms with Crippen LogP contribution in [0, 0.1) is 12.3 Å². The lowest BCUT2D eigenvalue weighted by molar-refractivity contribution is 0.0517. The highest BCUT2D eigenvalue weighted by Crippen LogP contribution is 2.44. The Kier molecular flexibility index (Phi) is 5.95. The molecular formula is C28H32N4O3. The molecule has 2 aromatic heterocycles. The number of carbonyl (C=O) groups excluding carboxylic acids is 2. The van der Waals surface area contributed by atoms with Gasteiger partial charge in [-0.25, -0.2) is 4.98 Å². The van der Waals surface area contributed by atoms with Gasteiger partial charge in [-0.05, 0) is 51.5 Å². The van der Waals surface area contributed by atoms with E-state index in [1.807, 2.05) is 66.9 Å². The van der Waals surface area contributed by atoms with Crippen LogP contribution in [0.15, 0.2) is 42.6 Å². The summed E-state index contributed by atoms with van der Waals surface area (Å²) in [6.45, 7) is 7.40. The first-order chi connectivity index (χ1) is 16.8. The van der Waals surface area contributed by atoms with Gasteiger partial charge in [0, 0.05) is 48.3 Å². The van der Waals surface area contributed by atoms with Crippen molar-refractivity contribution in [3.63, 3.8) is 0 Å². The maximum atomic E-state index is 13.5. The summed E-state index contributed by atoms with van der Waals surface area (Å²) in [5.74, 6) is 0.579. The molecule has 3 aromatic rings. The summed E-state index contributed by atoms with van der Waals surface area (Å²) in [7, 11) is 1.57. The Morgan fingerprint density at radius 2 is 1.80 bits per heavy atom. The summed E-state index contributed by atoms with van der Waals surface area (Å²) >= 11 is 0. The van der Waals surface area contributed by atoms with E-state index in [4.69, 9.17) is 4.74 Å². The van der Waals surface area contributed by atoms with Gasteiger partial charge in [-0.2, -0.15) is 5.10 Å². The van der Waals surface area contributed by atoms with Gasteiger partial charge in [-0.15, -0.1) is 0 Å². The Balaban J connectivity index is 1.33. The maximum Gasteiger partial charge on any atom is 0.254 e. The van der Waals surface area contributed by atoms with Gasteiger partial charge in [-0.3, -0.25) is 14.3 Å². The number of benzene rings is 1. The van der Waals surface area contributed by atoms with Crippen molar-refractivity contribution >= 4 is 11.7 Å². The second kappa shape index (κ2) is 8.95. The zero-order valence-corrected chi connectivity index (χ0v) is 20.9. The Morgan fingerprint density at radius 3 is 2.46 bits per heavy atom. The van der Waals surface area contributed by atoms with E-state index >= 15 is 0 Å². The number of piperidine rings is 1. The zero-order chi connectivity index (χ0) is 24.7. The monoisotopic (exact) mass is 472 g/mol. The van der Waals surface area contributed by atoms with Gasteiger partial charge in [-0.1, -0.05) is 29.8 Å². The Labute approximate surface area is 206 Å². The second-order valence-corrected chi connectivity index (χ2v) is 10.3. The molecule has 3 heterocycles. The first kappa shape index (κ1) is 23.3. The van der Waals surface area contributed by atoms with Crippen LogP contribution >= 0.6 is 0 Å². The number of likely N-dealkylation sites (tertiary alicyclic amines) is 1. The first-order valence-corrected chi connectivity index (χ1v) is 12.3. The molecule has 7 heteroatoms. The third-order valence-electron chi connectivity index (χ3n) is 7.44. The fraction of sp³-hybridized carbons (Fsp3) is 0.429. The molecule has 1 aliphatic carbocycles. The number of amides is 1. The topological polar surface area (TPSA) is 77.3 Å². The van der Waals surface area contributed by atoms with E-state index in [2.05, 4.69) is 10.1 Å². The molecule has 2 aliphatic rings. The van der Waals surface area contributed by atoms with Crippen molar-refractivity contribution in [2.24, 2.45) is 5.41 Å². The van der Waals surface area contributed by atoms with Crippen LogP contribution in [0.4, 0.5) is 0 Å². The molecule has 1 aromatic carbocycles. The molecule has 1 aliphatic heterocycles. The quantitative estimate of drug-likeness (QED) is 0.540. The summed E-state index contributed by atoms with van der Waals surface area (Å²) in [6, 6.07) is 11.8. The molecule has 0 unspecified atom stereocenters. The summed E-state index contributed by atoms with van der Waals surface area (Å²) in [5, 5.41) is 4.48. The second-order valence-electron chi connectivity index (χ2n) is 10.3. The molecule has 0 atom stereocenters. The van der Waals surface area contributed by atoms with E-state index in [0.29, 0.717) is 36.6 Å². The van der Waals surface area contributed by atoms with Crippen molar-refractivity contribution < 1.29 is 14.3 Å². The standard InChI is InChI=1S/C28H32N4O3/c1-18(2)32-26-22(17-29-32)15-28(16-24(26)33)9-11-31(12-10-28)27(34)21-13-23(30-25(14-21)35-4)20-7-5-19(3)6-8-20/h5-8,13-14,17-18H,9-12,15-16H2,1-4H3. The van der Waals surface area contributed by atoms with Gasteiger partial charge in [0.1, 0.15) is 5.69 Å². The number of carbonyl (C=O) groups is 2. The molecule has 0 bridgehead atoms. The molecule has 0 radical (unpaired) electrons.